The van der Waals surface area contributed by atoms with E-state index in [1.165, 1.54) is 17.3 Å². The Morgan fingerprint density at radius 3 is 2.41 bits per heavy atom. The minimum absolute atomic E-state index is 0.0401. The molecule has 0 saturated carbocycles. The number of hydrogen-bond donors (Lipinski definition) is 6. The Kier molecular flexibility index (Phi) is 13.1. The van der Waals surface area contributed by atoms with Gasteiger partial charge in [-0.2, -0.15) is 0 Å². The molecule has 2 aromatic rings. The summed E-state index contributed by atoms with van der Waals surface area (Å²) in [6.45, 7) is -0.646. The molecule has 12 nitrogen and oxygen atoms in total. The summed E-state index contributed by atoms with van der Waals surface area (Å²) in [6.07, 6.45) is -0.386. The van der Waals surface area contributed by atoms with E-state index in [4.69, 9.17) is 32.3 Å². The van der Waals surface area contributed by atoms with Gasteiger partial charge in [0.25, 0.3) is 0 Å². The van der Waals surface area contributed by atoms with E-state index in [9.17, 15) is 24.0 Å². The maximum atomic E-state index is 13.0. The molecule has 0 spiro atoms. The summed E-state index contributed by atoms with van der Waals surface area (Å²) in [4.78, 5) is 59.7. The summed E-state index contributed by atoms with van der Waals surface area (Å²) in [7, 11) is 2.72. The molecule has 210 valence electrons. The molecule has 0 aliphatic heterocycles. The normalized spacial score (nSPS) is 12.1. The van der Waals surface area contributed by atoms with Gasteiger partial charge in [0.2, 0.25) is 0 Å². The molecule has 2 atom stereocenters. The number of nitrogens with two attached hydrogens (primary N) is 1. The van der Waals surface area contributed by atoms with Crippen LogP contribution in [0.5, 0.6) is 5.75 Å². The summed E-state index contributed by atoms with van der Waals surface area (Å²) in [5.41, 5.74) is 6.32. The first-order valence-electron chi connectivity index (χ1n) is 11.3. The van der Waals surface area contributed by atoms with Crippen molar-refractivity contribution in [3.05, 3.63) is 53.1 Å². The predicted octanol–water partition coefficient (Wildman–Crippen LogP) is 0.456. The van der Waals surface area contributed by atoms with Crippen molar-refractivity contribution in [1.29, 1.82) is 0 Å². The number of carboxylic acid groups (broad SMARTS) is 2. The van der Waals surface area contributed by atoms with E-state index in [-0.39, 0.29) is 24.5 Å². The van der Waals surface area contributed by atoms with Gasteiger partial charge in [0.1, 0.15) is 0 Å². The van der Waals surface area contributed by atoms with Crippen molar-refractivity contribution in [1.82, 2.24) is 10.6 Å². The minimum atomic E-state index is -1.26. The Bertz CT molecular complexity index is 1200. The SMILES string of the molecule is COc1cccc(C(=O)Nc2ccc(Cl)cc2)c1[Se]SCC(NC(=O)CCC(N)C(=O)O)C(=O)NCC(=O)O. The number of amides is 3. The fourth-order valence-corrected chi connectivity index (χ4v) is 7.60. The van der Waals surface area contributed by atoms with Crippen molar-refractivity contribution in [2.75, 3.05) is 24.7 Å². The van der Waals surface area contributed by atoms with Crippen molar-refractivity contribution < 1.29 is 38.9 Å². The molecule has 2 aromatic carbocycles. The van der Waals surface area contributed by atoms with Gasteiger partial charge in [-0.05, 0) is 0 Å². The molecule has 2 rings (SSSR count). The van der Waals surface area contributed by atoms with Gasteiger partial charge in [0, 0.05) is 0 Å². The van der Waals surface area contributed by atoms with E-state index in [2.05, 4.69) is 16.0 Å². The van der Waals surface area contributed by atoms with Crippen LogP contribution in [-0.2, 0) is 19.2 Å². The fraction of sp³-hybridized carbons (Fsp3) is 0.292. The van der Waals surface area contributed by atoms with Crippen LogP contribution in [0.3, 0.4) is 0 Å². The Balaban J connectivity index is 2.13. The van der Waals surface area contributed by atoms with Crippen molar-refractivity contribution in [3.8, 4) is 5.75 Å². The third-order valence-corrected chi connectivity index (χ3v) is 9.52. The van der Waals surface area contributed by atoms with Crippen LogP contribution < -0.4 is 30.9 Å². The zero-order chi connectivity index (χ0) is 28.9. The Labute approximate surface area is 238 Å². The molecule has 0 aromatic heterocycles. The van der Waals surface area contributed by atoms with Crippen LogP contribution >= 0.6 is 21.8 Å². The molecule has 0 bridgehead atoms. The van der Waals surface area contributed by atoms with Crippen LogP contribution in [0, 0.1) is 0 Å². The second kappa shape index (κ2) is 16.0. The third-order valence-electron chi connectivity index (χ3n) is 4.99. The number of halogens is 1. The van der Waals surface area contributed by atoms with E-state index < -0.39 is 56.2 Å². The number of ether oxygens (including phenoxy) is 1. The first kappa shape index (κ1) is 31.9. The Morgan fingerprint density at radius 1 is 1.10 bits per heavy atom. The maximum absolute atomic E-state index is 13.0. The molecule has 39 heavy (non-hydrogen) atoms. The summed E-state index contributed by atoms with van der Waals surface area (Å²) in [6, 6.07) is 9.24. The first-order chi connectivity index (χ1) is 18.5. The molecule has 7 N–H and O–H groups in total. The molecule has 2 unspecified atom stereocenters. The van der Waals surface area contributed by atoms with Gasteiger partial charge in [-0.3, -0.25) is 0 Å². The fourth-order valence-electron chi connectivity index (χ4n) is 2.98. The second-order valence-corrected chi connectivity index (χ2v) is 12.4. The monoisotopic (exact) mass is 646 g/mol. The van der Waals surface area contributed by atoms with E-state index in [0.717, 1.165) is 0 Å². The third kappa shape index (κ3) is 10.8. The molecular formula is C24H27ClN4O8SSe. The van der Waals surface area contributed by atoms with Gasteiger partial charge in [-0.15, -0.1) is 0 Å². The van der Waals surface area contributed by atoms with Crippen molar-refractivity contribution in [2.45, 2.75) is 24.9 Å². The van der Waals surface area contributed by atoms with Crippen molar-refractivity contribution in [2.24, 2.45) is 5.73 Å². The first-order valence-corrected chi connectivity index (χ1v) is 15.6. The molecule has 0 aliphatic carbocycles. The number of benzene rings is 2. The number of aliphatic carboxylic acids is 2. The Morgan fingerprint density at radius 2 is 1.79 bits per heavy atom. The molecule has 0 aliphatic rings. The zero-order valence-electron chi connectivity index (χ0n) is 20.6. The number of hydrogen-bond acceptors (Lipinski definition) is 8. The van der Waals surface area contributed by atoms with Gasteiger partial charge in [-0.1, -0.05) is 0 Å². The number of carbonyl (C=O) groups excluding carboxylic acids is 3. The predicted molar refractivity (Wildman–Crippen MR) is 148 cm³/mol. The van der Waals surface area contributed by atoms with Crippen LogP contribution in [0.1, 0.15) is 23.2 Å². The van der Waals surface area contributed by atoms with Gasteiger partial charge in [0.05, 0.1) is 0 Å². The number of methoxy groups -OCH3 is 1. The van der Waals surface area contributed by atoms with Crippen molar-refractivity contribution in [3.63, 3.8) is 0 Å². The number of anilines is 1. The summed E-state index contributed by atoms with van der Waals surface area (Å²) >= 11 is 5.42. The van der Waals surface area contributed by atoms with E-state index in [0.29, 0.717) is 26.5 Å². The van der Waals surface area contributed by atoms with Crippen LogP contribution in [-0.4, -0.2) is 85.2 Å². The average Bonchev–Trinajstić information content (AvgIpc) is 2.90. The summed E-state index contributed by atoms with van der Waals surface area (Å²) in [5, 5.41) is 25.8. The molecule has 0 saturated heterocycles. The molecule has 0 radical (unpaired) electrons. The summed E-state index contributed by atoms with van der Waals surface area (Å²) < 4.78 is 6.05. The quantitative estimate of drug-likeness (QED) is 0.148. The van der Waals surface area contributed by atoms with Crippen LogP contribution in [0.4, 0.5) is 5.69 Å². The standard InChI is InChI=1S/C24H27ClN4O8SSe/c1-37-18-4-2-3-15(22(33)28-14-7-5-13(25)6-8-14)21(18)39-38-12-17(23(34)27-11-20(31)32)29-19(30)10-9-16(26)24(35)36/h2-8,16-17H,9-12,26H2,1H3,(H,27,34)(H,28,33)(H,29,30)(H,31,32)(H,35,36). The van der Waals surface area contributed by atoms with Crippen LogP contribution in [0.2, 0.25) is 5.02 Å². The van der Waals surface area contributed by atoms with Crippen molar-refractivity contribution >= 4 is 75.4 Å². The van der Waals surface area contributed by atoms with Gasteiger partial charge in [0.15, 0.2) is 0 Å². The molecule has 0 fully saturated rings. The molecule has 15 heteroatoms. The average molecular weight is 646 g/mol. The van der Waals surface area contributed by atoms with Gasteiger partial charge < -0.3 is 0 Å². The summed E-state index contributed by atoms with van der Waals surface area (Å²) in [5.74, 6) is -3.74. The van der Waals surface area contributed by atoms with Crippen LogP contribution in [0.15, 0.2) is 42.5 Å². The van der Waals surface area contributed by atoms with Crippen LogP contribution in [0.25, 0.3) is 0 Å². The topological polar surface area (TPSA) is 197 Å². The van der Waals surface area contributed by atoms with E-state index in [1.54, 1.807) is 42.5 Å². The van der Waals surface area contributed by atoms with E-state index in [1.807, 2.05) is 0 Å². The van der Waals surface area contributed by atoms with Gasteiger partial charge in [-0.25, -0.2) is 0 Å². The molecule has 3 amide bonds. The number of nitrogens with one attached hydrogen (secondary N) is 3. The van der Waals surface area contributed by atoms with E-state index >= 15 is 0 Å². The number of carboxylic acids is 2. The molecular weight excluding hydrogens is 619 g/mol. The zero-order valence-corrected chi connectivity index (χ0v) is 23.9. The number of rotatable bonds is 15. The van der Waals surface area contributed by atoms with Gasteiger partial charge >= 0.3 is 239 Å². The molecule has 0 heterocycles. The Hall–Kier alpha value is -3.29. The number of carbonyl (C=O) groups is 5. The second-order valence-electron chi connectivity index (χ2n) is 7.88.